The van der Waals surface area contributed by atoms with E-state index < -0.39 is 0 Å². The lowest BCUT2D eigenvalue weighted by Crippen LogP contribution is -1.91. The van der Waals surface area contributed by atoms with Gasteiger partial charge < -0.3 is 0 Å². The maximum absolute atomic E-state index is 3.83. The second kappa shape index (κ2) is 7.70. The van der Waals surface area contributed by atoms with Gasteiger partial charge in [0.25, 0.3) is 0 Å². The van der Waals surface area contributed by atoms with E-state index in [-0.39, 0.29) is 0 Å². The van der Waals surface area contributed by atoms with Crippen LogP contribution >= 0.6 is 0 Å². The largest absolute Gasteiger partial charge is 0.0984 e. The SMILES string of the molecule is C=CC(C=C)=C(/C=C\C)C(/C=C\C)=C(C)C. The molecule has 86 valence electrons. The fraction of sp³-hybridized carbons (Fsp3) is 0.250. The maximum Gasteiger partial charge on any atom is -0.0116 e. The Morgan fingerprint density at radius 3 is 1.56 bits per heavy atom. The molecule has 0 aliphatic rings. The van der Waals surface area contributed by atoms with Crippen LogP contribution in [0.25, 0.3) is 0 Å². The van der Waals surface area contributed by atoms with Crippen molar-refractivity contribution in [3.63, 3.8) is 0 Å². The molecule has 0 aliphatic heterocycles. The smallest absolute Gasteiger partial charge is 0.0116 e. The van der Waals surface area contributed by atoms with Crippen molar-refractivity contribution in [1.29, 1.82) is 0 Å². The molecule has 0 saturated heterocycles. The first-order chi connectivity index (χ1) is 7.62. The molecule has 0 heteroatoms. The summed E-state index contributed by atoms with van der Waals surface area (Å²) in [5.41, 5.74) is 4.75. The Balaban J connectivity index is 5.87. The summed E-state index contributed by atoms with van der Waals surface area (Å²) in [6, 6.07) is 0. The third kappa shape index (κ3) is 3.90. The van der Waals surface area contributed by atoms with Crippen LogP contribution in [0.15, 0.2) is 71.9 Å². The van der Waals surface area contributed by atoms with Gasteiger partial charge in [0.2, 0.25) is 0 Å². The van der Waals surface area contributed by atoms with Crippen LogP contribution in [0.3, 0.4) is 0 Å². The van der Waals surface area contributed by atoms with Crippen LogP contribution < -0.4 is 0 Å². The summed E-state index contributed by atoms with van der Waals surface area (Å²) in [6.45, 7) is 15.9. The molecule has 0 N–H and O–H groups in total. The predicted molar refractivity (Wildman–Crippen MR) is 75.4 cm³/mol. The number of hydrogen-bond acceptors (Lipinski definition) is 0. The van der Waals surface area contributed by atoms with Gasteiger partial charge in [0.15, 0.2) is 0 Å². The first kappa shape index (κ1) is 14.4. The molecular formula is C16H22. The number of hydrogen-bond donors (Lipinski definition) is 0. The Morgan fingerprint density at radius 2 is 1.25 bits per heavy atom. The molecule has 0 fully saturated rings. The van der Waals surface area contributed by atoms with Gasteiger partial charge in [0, 0.05) is 0 Å². The van der Waals surface area contributed by atoms with Crippen molar-refractivity contribution in [1.82, 2.24) is 0 Å². The van der Waals surface area contributed by atoms with Gasteiger partial charge in [0.05, 0.1) is 0 Å². The van der Waals surface area contributed by atoms with E-state index in [0.29, 0.717) is 0 Å². The molecule has 0 rings (SSSR count). The number of rotatable bonds is 5. The van der Waals surface area contributed by atoms with Crippen LogP contribution in [0.1, 0.15) is 27.7 Å². The van der Waals surface area contributed by atoms with Crippen molar-refractivity contribution >= 4 is 0 Å². The average Bonchev–Trinajstić information content (AvgIpc) is 2.26. The van der Waals surface area contributed by atoms with E-state index in [9.17, 15) is 0 Å². The molecule has 16 heavy (non-hydrogen) atoms. The topological polar surface area (TPSA) is 0 Å². The van der Waals surface area contributed by atoms with Crippen LogP contribution in [0.5, 0.6) is 0 Å². The summed E-state index contributed by atoms with van der Waals surface area (Å²) < 4.78 is 0. The lowest BCUT2D eigenvalue weighted by molar-refractivity contribution is 1.30. The molecule has 0 amide bonds. The van der Waals surface area contributed by atoms with Gasteiger partial charge >= 0.3 is 0 Å². The van der Waals surface area contributed by atoms with Gasteiger partial charge in [-0.2, -0.15) is 0 Å². The van der Waals surface area contributed by atoms with Gasteiger partial charge in [-0.1, -0.05) is 55.2 Å². The first-order valence-electron chi connectivity index (χ1n) is 5.54. The monoisotopic (exact) mass is 214 g/mol. The zero-order valence-electron chi connectivity index (χ0n) is 10.9. The summed E-state index contributed by atoms with van der Waals surface area (Å²) in [4.78, 5) is 0. The Hall–Kier alpha value is -1.56. The highest BCUT2D eigenvalue weighted by Gasteiger charge is 2.04. The Bertz CT molecular complexity index is 357. The molecule has 0 unspecified atom stereocenters. The lowest BCUT2D eigenvalue weighted by Gasteiger charge is -2.10. The van der Waals surface area contributed by atoms with Crippen LogP contribution in [0.2, 0.25) is 0 Å². The summed E-state index contributed by atoms with van der Waals surface area (Å²) in [6.07, 6.45) is 12.0. The Labute approximate surface area is 100 Å². The highest BCUT2D eigenvalue weighted by molar-refractivity contribution is 5.55. The Kier molecular flexibility index (Phi) is 6.95. The van der Waals surface area contributed by atoms with Crippen LogP contribution in [0, 0.1) is 0 Å². The molecule has 0 spiro atoms. The van der Waals surface area contributed by atoms with Gasteiger partial charge in [-0.3, -0.25) is 0 Å². The zero-order valence-corrected chi connectivity index (χ0v) is 10.9. The van der Waals surface area contributed by atoms with E-state index in [1.54, 1.807) is 0 Å². The van der Waals surface area contributed by atoms with E-state index in [1.165, 1.54) is 16.7 Å². The van der Waals surface area contributed by atoms with Gasteiger partial charge in [-0.15, -0.1) is 0 Å². The average molecular weight is 214 g/mol. The lowest BCUT2D eigenvalue weighted by atomic mass is 9.95. The quantitative estimate of drug-likeness (QED) is 0.556. The van der Waals surface area contributed by atoms with Crippen molar-refractivity contribution in [2.24, 2.45) is 0 Å². The molecule has 0 aliphatic carbocycles. The number of allylic oxidation sites excluding steroid dienone is 10. The molecule has 0 aromatic rings. The predicted octanol–water partition coefficient (Wildman–Crippen LogP) is 5.14. The zero-order chi connectivity index (χ0) is 12.6. The Morgan fingerprint density at radius 1 is 0.812 bits per heavy atom. The molecule has 0 atom stereocenters. The van der Waals surface area contributed by atoms with Crippen molar-refractivity contribution in [3.8, 4) is 0 Å². The van der Waals surface area contributed by atoms with Crippen molar-refractivity contribution in [2.45, 2.75) is 27.7 Å². The summed E-state index contributed by atoms with van der Waals surface area (Å²) >= 11 is 0. The summed E-state index contributed by atoms with van der Waals surface area (Å²) in [5.74, 6) is 0. The van der Waals surface area contributed by atoms with E-state index in [4.69, 9.17) is 0 Å². The van der Waals surface area contributed by atoms with E-state index >= 15 is 0 Å². The van der Waals surface area contributed by atoms with E-state index in [0.717, 1.165) is 5.57 Å². The second-order valence-electron chi connectivity index (χ2n) is 3.69. The molecule has 0 aromatic carbocycles. The standard InChI is InChI=1S/C16H22/c1-7-11-15(13(5)6)16(12-8-2)14(9-3)10-4/h7-12H,3-4H2,1-2,5-6H3/b11-7-,12-8-. The normalized spacial score (nSPS) is 10.5. The van der Waals surface area contributed by atoms with E-state index in [2.05, 4.69) is 45.2 Å². The molecule has 0 radical (unpaired) electrons. The van der Waals surface area contributed by atoms with Gasteiger partial charge in [-0.25, -0.2) is 0 Å². The molecule has 0 saturated carbocycles. The third-order valence-corrected chi connectivity index (χ3v) is 2.25. The summed E-state index contributed by atoms with van der Waals surface area (Å²) in [7, 11) is 0. The first-order valence-corrected chi connectivity index (χ1v) is 5.54. The van der Waals surface area contributed by atoms with Gasteiger partial charge in [0.1, 0.15) is 0 Å². The van der Waals surface area contributed by atoms with Crippen LogP contribution in [0.4, 0.5) is 0 Å². The van der Waals surface area contributed by atoms with Crippen molar-refractivity contribution in [3.05, 3.63) is 71.9 Å². The van der Waals surface area contributed by atoms with Crippen LogP contribution in [-0.4, -0.2) is 0 Å². The highest BCUT2D eigenvalue weighted by Crippen LogP contribution is 2.22. The minimum absolute atomic E-state index is 1.06. The highest BCUT2D eigenvalue weighted by atomic mass is 14.1. The van der Waals surface area contributed by atoms with Gasteiger partial charge in [-0.05, 0) is 44.4 Å². The fourth-order valence-electron chi connectivity index (χ4n) is 1.50. The molecule has 0 nitrogen and oxygen atoms in total. The second-order valence-corrected chi connectivity index (χ2v) is 3.69. The maximum atomic E-state index is 3.83. The van der Waals surface area contributed by atoms with Crippen molar-refractivity contribution < 1.29 is 0 Å². The minimum Gasteiger partial charge on any atom is -0.0984 e. The summed E-state index contributed by atoms with van der Waals surface area (Å²) in [5, 5.41) is 0. The minimum atomic E-state index is 1.06. The fourth-order valence-corrected chi connectivity index (χ4v) is 1.50. The van der Waals surface area contributed by atoms with Crippen LogP contribution in [-0.2, 0) is 0 Å². The molecule has 0 bridgehead atoms. The molecule has 0 heterocycles. The molecule has 0 aromatic heterocycles. The molecular weight excluding hydrogens is 192 g/mol. The third-order valence-electron chi connectivity index (χ3n) is 2.25. The van der Waals surface area contributed by atoms with E-state index in [1.807, 2.05) is 32.1 Å². The van der Waals surface area contributed by atoms with Crippen molar-refractivity contribution in [2.75, 3.05) is 0 Å².